The molecule has 3 aliphatic heterocycles. The standard InChI is InChI=1S/C42H25BN2O/c1-2-11-24(12-3-1)25-21-32-27-14-4-7-18-34(27)44-41(32)33(22-25)43-39-31(23-37-38(42(39)44)30-15-6-9-20-36(30)46-37)29-17-10-16-28-26-13-5-8-19-35(26)45(43)40(28)29/h1-23,28,40H. The van der Waals surface area contributed by atoms with Crippen molar-refractivity contribution in [3.63, 3.8) is 0 Å². The molecule has 2 atom stereocenters. The number of aromatic nitrogens is 1. The molecule has 0 radical (unpaired) electrons. The third-order valence-electron chi connectivity index (χ3n) is 11.1. The second kappa shape index (κ2) is 8.10. The lowest BCUT2D eigenvalue weighted by Gasteiger charge is -2.46. The molecular weight excluding hydrogens is 559 g/mol. The highest BCUT2D eigenvalue weighted by atomic mass is 16.3. The number of benzene rings is 6. The summed E-state index contributed by atoms with van der Waals surface area (Å²) >= 11 is 0. The van der Waals surface area contributed by atoms with Crippen LogP contribution in [0.4, 0.5) is 5.69 Å². The van der Waals surface area contributed by atoms with Gasteiger partial charge in [-0.25, -0.2) is 0 Å². The zero-order valence-corrected chi connectivity index (χ0v) is 24.8. The van der Waals surface area contributed by atoms with E-state index in [4.69, 9.17) is 4.42 Å². The topological polar surface area (TPSA) is 21.3 Å². The number of allylic oxidation sites excluding steroid dienone is 2. The van der Waals surface area contributed by atoms with Crippen molar-refractivity contribution in [2.45, 2.75) is 12.0 Å². The Labute approximate surface area is 265 Å². The zero-order chi connectivity index (χ0) is 29.7. The van der Waals surface area contributed by atoms with Crippen LogP contribution in [0.3, 0.4) is 0 Å². The van der Waals surface area contributed by atoms with Gasteiger partial charge in [-0.1, -0.05) is 109 Å². The molecule has 46 heavy (non-hydrogen) atoms. The van der Waals surface area contributed by atoms with Crippen LogP contribution in [-0.2, 0) is 0 Å². The summed E-state index contributed by atoms with van der Waals surface area (Å²) in [5.41, 5.74) is 16.4. The van der Waals surface area contributed by atoms with Gasteiger partial charge < -0.3 is 13.8 Å². The van der Waals surface area contributed by atoms with Crippen molar-refractivity contribution in [2.24, 2.45) is 0 Å². The molecule has 212 valence electrons. The van der Waals surface area contributed by atoms with Crippen LogP contribution in [0.15, 0.2) is 144 Å². The molecular formula is C42H25BN2O. The molecule has 3 nitrogen and oxygen atoms in total. The SMILES string of the molecule is C1=CC2c3ccccc3N3B4c5c(cc6oc7ccccc7c6c5-n5c6ccccc6c6cc(-c7ccccc7)cc4c65)C(=C1)C23. The highest BCUT2D eigenvalue weighted by Gasteiger charge is 2.53. The van der Waals surface area contributed by atoms with E-state index in [1.54, 1.807) is 0 Å². The largest absolute Gasteiger partial charge is 0.456 e. The first kappa shape index (κ1) is 23.6. The van der Waals surface area contributed by atoms with Crippen LogP contribution in [0.1, 0.15) is 17.0 Å². The van der Waals surface area contributed by atoms with Gasteiger partial charge in [-0.15, -0.1) is 0 Å². The normalized spacial score (nSPS) is 18.4. The summed E-state index contributed by atoms with van der Waals surface area (Å²) in [5, 5.41) is 4.96. The van der Waals surface area contributed by atoms with Crippen LogP contribution in [0, 0.1) is 0 Å². The Kier molecular flexibility index (Phi) is 4.16. The molecule has 2 aromatic heterocycles. The average molecular weight is 584 g/mol. The summed E-state index contributed by atoms with van der Waals surface area (Å²) in [7, 11) is 0. The number of anilines is 1. The minimum atomic E-state index is 0.0471. The predicted octanol–water partition coefficient (Wildman–Crippen LogP) is 8.71. The monoisotopic (exact) mass is 584 g/mol. The summed E-state index contributed by atoms with van der Waals surface area (Å²) < 4.78 is 9.29. The second-order valence-corrected chi connectivity index (χ2v) is 13.2. The first-order chi connectivity index (χ1) is 22.8. The van der Waals surface area contributed by atoms with Crippen LogP contribution < -0.4 is 15.7 Å². The maximum Gasteiger partial charge on any atom is 0.329 e. The van der Waals surface area contributed by atoms with Gasteiger partial charge in [-0.3, -0.25) is 0 Å². The van der Waals surface area contributed by atoms with Gasteiger partial charge in [-0.05, 0) is 69.1 Å². The van der Waals surface area contributed by atoms with Gasteiger partial charge >= 0.3 is 6.85 Å². The Balaban J connectivity index is 1.34. The highest BCUT2D eigenvalue weighted by Crippen LogP contribution is 2.53. The van der Waals surface area contributed by atoms with Gasteiger partial charge in [0.2, 0.25) is 0 Å². The van der Waals surface area contributed by atoms with Crippen LogP contribution in [-0.4, -0.2) is 17.5 Å². The zero-order valence-electron chi connectivity index (χ0n) is 24.8. The van der Waals surface area contributed by atoms with E-state index in [1.807, 2.05) is 0 Å². The lowest BCUT2D eigenvalue weighted by molar-refractivity contribution is 0.668. The molecule has 0 spiro atoms. The van der Waals surface area contributed by atoms with E-state index < -0.39 is 0 Å². The number of para-hydroxylation sites is 3. The van der Waals surface area contributed by atoms with Crippen molar-refractivity contribution < 1.29 is 4.42 Å². The number of hydrogen-bond donors (Lipinski definition) is 0. The van der Waals surface area contributed by atoms with E-state index in [1.165, 1.54) is 82.7 Å². The number of furan rings is 1. The molecule has 0 bridgehead atoms. The Morgan fingerprint density at radius 3 is 2.41 bits per heavy atom. The van der Waals surface area contributed by atoms with Crippen LogP contribution >= 0.6 is 0 Å². The van der Waals surface area contributed by atoms with Crippen molar-refractivity contribution in [3.8, 4) is 16.8 Å². The van der Waals surface area contributed by atoms with Crippen LogP contribution in [0.5, 0.6) is 0 Å². The van der Waals surface area contributed by atoms with E-state index in [-0.39, 0.29) is 12.9 Å². The maximum absolute atomic E-state index is 6.71. The average Bonchev–Trinajstić information content (AvgIpc) is 3.77. The number of hydrogen-bond acceptors (Lipinski definition) is 2. The third-order valence-corrected chi connectivity index (χ3v) is 11.1. The van der Waals surface area contributed by atoms with E-state index >= 15 is 0 Å². The molecule has 12 rings (SSSR count). The smallest absolute Gasteiger partial charge is 0.329 e. The Hall–Kier alpha value is -5.74. The van der Waals surface area contributed by atoms with Crippen molar-refractivity contribution in [2.75, 3.05) is 4.81 Å². The van der Waals surface area contributed by atoms with Gasteiger partial charge in [-0.2, -0.15) is 0 Å². The summed E-state index contributed by atoms with van der Waals surface area (Å²) in [6, 6.07) is 45.0. The molecule has 2 unspecified atom stereocenters. The fourth-order valence-electron chi connectivity index (χ4n) is 9.42. The summed E-state index contributed by atoms with van der Waals surface area (Å²) in [5.74, 6) is 0.305. The minimum Gasteiger partial charge on any atom is -0.456 e. The Bertz CT molecular complexity index is 2730. The van der Waals surface area contributed by atoms with E-state index in [0.29, 0.717) is 5.92 Å². The van der Waals surface area contributed by atoms with E-state index in [2.05, 4.69) is 149 Å². The minimum absolute atomic E-state index is 0.0471. The number of fused-ring (bicyclic) bond motifs is 14. The lowest BCUT2D eigenvalue weighted by atomic mass is 9.42. The predicted molar refractivity (Wildman–Crippen MR) is 191 cm³/mol. The van der Waals surface area contributed by atoms with E-state index in [0.717, 1.165) is 11.2 Å². The Morgan fingerprint density at radius 1 is 0.674 bits per heavy atom. The molecule has 1 aliphatic carbocycles. The third kappa shape index (κ3) is 2.66. The molecule has 0 fully saturated rings. The molecule has 0 saturated heterocycles. The molecule has 6 aromatic carbocycles. The summed E-state index contributed by atoms with van der Waals surface area (Å²) in [6.45, 7) is 0.0471. The summed E-state index contributed by atoms with van der Waals surface area (Å²) in [6.07, 6.45) is 7.05. The van der Waals surface area contributed by atoms with E-state index in [9.17, 15) is 0 Å². The molecule has 0 saturated carbocycles. The molecule has 8 aromatic rings. The van der Waals surface area contributed by atoms with Crippen molar-refractivity contribution in [3.05, 3.63) is 151 Å². The molecule has 4 aliphatic rings. The fourth-order valence-corrected chi connectivity index (χ4v) is 9.42. The van der Waals surface area contributed by atoms with Crippen LogP contribution in [0.25, 0.3) is 66.1 Å². The lowest BCUT2D eigenvalue weighted by Crippen LogP contribution is -2.66. The maximum atomic E-state index is 6.71. The highest BCUT2D eigenvalue weighted by molar-refractivity contribution is 6.93. The second-order valence-electron chi connectivity index (χ2n) is 13.2. The Morgan fingerprint density at radius 2 is 1.48 bits per heavy atom. The number of rotatable bonds is 1. The number of nitrogens with zero attached hydrogens (tertiary/aromatic N) is 2. The molecule has 0 N–H and O–H groups in total. The van der Waals surface area contributed by atoms with Crippen molar-refractivity contribution >= 4 is 72.8 Å². The molecule has 0 amide bonds. The van der Waals surface area contributed by atoms with Gasteiger partial charge in [0.1, 0.15) is 11.2 Å². The van der Waals surface area contributed by atoms with Crippen molar-refractivity contribution in [1.29, 1.82) is 0 Å². The van der Waals surface area contributed by atoms with Crippen molar-refractivity contribution in [1.82, 2.24) is 4.57 Å². The summed E-state index contributed by atoms with van der Waals surface area (Å²) in [4.78, 5) is 2.76. The van der Waals surface area contributed by atoms with Gasteiger partial charge in [0.25, 0.3) is 0 Å². The first-order valence-electron chi connectivity index (χ1n) is 16.2. The fraction of sp³-hybridized carbons (Fsp3) is 0.0476. The quantitative estimate of drug-likeness (QED) is 0.180. The van der Waals surface area contributed by atoms with Crippen LogP contribution in [0.2, 0.25) is 0 Å². The first-order valence-corrected chi connectivity index (χ1v) is 16.2. The van der Waals surface area contributed by atoms with Gasteiger partial charge in [0.15, 0.2) is 0 Å². The van der Waals surface area contributed by atoms with Gasteiger partial charge in [0, 0.05) is 27.8 Å². The molecule has 4 heteroatoms. The van der Waals surface area contributed by atoms with Gasteiger partial charge in [0.05, 0.1) is 28.1 Å². The molecule has 5 heterocycles.